The zero-order valence-corrected chi connectivity index (χ0v) is 14.0. The molecule has 1 aromatic rings. The van der Waals surface area contributed by atoms with E-state index in [2.05, 4.69) is 6.92 Å². The van der Waals surface area contributed by atoms with Gasteiger partial charge in [-0.15, -0.1) is 0 Å². The normalized spacial score (nSPS) is 23.5. The highest BCUT2D eigenvalue weighted by molar-refractivity contribution is 7.89. The third kappa shape index (κ3) is 3.59. The first-order valence-electron chi connectivity index (χ1n) is 7.23. The van der Waals surface area contributed by atoms with Crippen molar-refractivity contribution in [1.29, 1.82) is 0 Å². The molecule has 118 valence electrons. The van der Waals surface area contributed by atoms with Crippen LogP contribution in [0.1, 0.15) is 38.2 Å². The fraction of sp³-hybridized carbons (Fsp3) is 0.600. The Morgan fingerprint density at radius 2 is 1.90 bits per heavy atom. The fourth-order valence-corrected chi connectivity index (χ4v) is 4.53. The van der Waals surface area contributed by atoms with Crippen molar-refractivity contribution in [3.05, 3.63) is 28.8 Å². The van der Waals surface area contributed by atoms with Crippen LogP contribution in [-0.2, 0) is 16.6 Å². The van der Waals surface area contributed by atoms with Crippen LogP contribution in [0.25, 0.3) is 0 Å². The number of sulfonamides is 1. The van der Waals surface area contributed by atoms with E-state index < -0.39 is 10.0 Å². The molecule has 4 nitrogen and oxygen atoms in total. The van der Waals surface area contributed by atoms with E-state index >= 15 is 0 Å². The molecule has 1 aliphatic rings. The summed E-state index contributed by atoms with van der Waals surface area (Å²) in [6.45, 7) is 2.01. The molecule has 1 N–H and O–H groups in total. The summed E-state index contributed by atoms with van der Waals surface area (Å²) in [4.78, 5) is 0.186. The Bertz CT molecular complexity index is 595. The Balaban J connectivity index is 2.22. The minimum absolute atomic E-state index is 0.0579. The van der Waals surface area contributed by atoms with Gasteiger partial charge in [0.15, 0.2) is 0 Å². The van der Waals surface area contributed by atoms with Gasteiger partial charge in [-0.25, -0.2) is 8.42 Å². The van der Waals surface area contributed by atoms with Crippen molar-refractivity contribution >= 4 is 21.6 Å². The highest BCUT2D eigenvalue weighted by Gasteiger charge is 2.30. The molecule has 0 amide bonds. The third-order valence-corrected chi connectivity index (χ3v) is 6.63. The van der Waals surface area contributed by atoms with Crippen molar-refractivity contribution in [3.63, 3.8) is 0 Å². The summed E-state index contributed by atoms with van der Waals surface area (Å²) in [7, 11) is -1.89. The van der Waals surface area contributed by atoms with Crippen LogP contribution in [0.3, 0.4) is 0 Å². The standard InChI is InChI=1S/C15H22ClNO3S/c1-11-3-6-13(7-4-11)17(2)21(19,20)14-8-5-12(10-18)15(16)9-14/h5,8-9,11,13,18H,3-4,6-7,10H2,1-2H3. The van der Waals surface area contributed by atoms with E-state index in [-0.39, 0.29) is 22.6 Å². The summed E-state index contributed by atoms with van der Waals surface area (Å²) >= 11 is 6.00. The zero-order chi connectivity index (χ0) is 15.6. The molecule has 1 aromatic carbocycles. The molecule has 0 saturated heterocycles. The van der Waals surface area contributed by atoms with Crippen LogP contribution in [0.2, 0.25) is 5.02 Å². The minimum Gasteiger partial charge on any atom is -0.392 e. The van der Waals surface area contributed by atoms with E-state index in [0.717, 1.165) is 25.7 Å². The van der Waals surface area contributed by atoms with E-state index in [0.29, 0.717) is 11.5 Å². The number of hydrogen-bond donors (Lipinski definition) is 1. The Kier molecular flexibility index (Phi) is 5.30. The van der Waals surface area contributed by atoms with E-state index in [1.807, 2.05) is 0 Å². The second-order valence-corrected chi connectivity index (χ2v) is 8.25. The van der Waals surface area contributed by atoms with Crippen LogP contribution in [0, 0.1) is 5.92 Å². The summed E-state index contributed by atoms with van der Waals surface area (Å²) < 4.78 is 26.8. The molecule has 0 heterocycles. The minimum atomic E-state index is -3.54. The number of aliphatic hydroxyl groups is 1. The molecule has 1 aliphatic carbocycles. The largest absolute Gasteiger partial charge is 0.392 e. The lowest BCUT2D eigenvalue weighted by Gasteiger charge is -2.32. The Hall–Kier alpha value is -0.620. The summed E-state index contributed by atoms with van der Waals surface area (Å²) in [5, 5.41) is 9.39. The van der Waals surface area contributed by atoms with Crippen molar-refractivity contribution in [2.24, 2.45) is 5.92 Å². The van der Waals surface area contributed by atoms with Crippen molar-refractivity contribution < 1.29 is 13.5 Å². The average Bonchev–Trinajstić information content (AvgIpc) is 2.47. The van der Waals surface area contributed by atoms with Gasteiger partial charge in [-0.2, -0.15) is 4.31 Å². The first-order valence-corrected chi connectivity index (χ1v) is 9.05. The molecule has 0 radical (unpaired) electrons. The first-order chi connectivity index (χ1) is 9.86. The third-order valence-electron chi connectivity index (χ3n) is 4.37. The molecule has 2 rings (SSSR count). The highest BCUT2D eigenvalue weighted by Crippen LogP contribution is 2.30. The van der Waals surface area contributed by atoms with E-state index in [9.17, 15) is 8.42 Å². The van der Waals surface area contributed by atoms with Crippen LogP contribution < -0.4 is 0 Å². The lowest BCUT2D eigenvalue weighted by Crippen LogP contribution is -2.39. The topological polar surface area (TPSA) is 57.6 Å². The Morgan fingerprint density at radius 1 is 1.29 bits per heavy atom. The van der Waals surface area contributed by atoms with E-state index in [4.69, 9.17) is 16.7 Å². The maximum atomic E-state index is 12.7. The van der Waals surface area contributed by atoms with Gasteiger partial charge in [0.2, 0.25) is 10.0 Å². The van der Waals surface area contributed by atoms with Gasteiger partial charge >= 0.3 is 0 Å². The number of nitrogens with zero attached hydrogens (tertiary/aromatic N) is 1. The van der Waals surface area contributed by atoms with Crippen LogP contribution in [-0.4, -0.2) is 30.9 Å². The summed E-state index contributed by atoms with van der Waals surface area (Å²) in [5.41, 5.74) is 0.532. The number of benzene rings is 1. The average molecular weight is 332 g/mol. The lowest BCUT2D eigenvalue weighted by atomic mass is 9.87. The van der Waals surface area contributed by atoms with Crippen LogP contribution in [0.4, 0.5) is 0 Å². The smallest absolute Gasteiger partial charge is 0.243 e. The van der Waals surface area contributed by atoms with E-state index in [1.165, 1.54) is 16.4 Å². The fourth-order valence-electron chi connectivity index (χ4n) is 2.79. The molecular formula is C15H22ClNO3S. The molecule has 0 aromatic heterocycles. The SMILES string of the molecule is CC1CCC(N(C)S(=O)(=O)c2ccc(CO)c(Cl)c2)CC1. The second kappa shape index (κ2) is 6.65. The summed E-state index contributed by atoms with van der Waals surface area (Å²) in [6, 6.07) is 4.55. The molecule has 1 saturated carbocycles. The maximum Gasteiger partial charge on any atom is 0.243 e. The lowest BCUT2D eigenvalue weighted by molar-refractivity contribution is 0.246. The van der Waals surface area contributed by atoms with Gasteiger partial charge in [0.1, 0.15) is 0 Å². The van der Waals surface area contributed by atoms with Gasteiger partial charge in [-0.1, -0.05) is 24.6 Å². The molecule has 6 heteroatoms. The zero-order valence-electron chi connectivity index (χ0n) is 12.4. The molecule has 1 fully saturated rings. The Morgan fingerprint density at radius 3 is 2.43 bits per heavy atom. The highest BCUT2D eigenvalue weighted by atomic mass is 35.5. The van der Waals surface area contributed by atoms with Crippen molar-refractivity contribution in [3.8, 4) is 0 Å². The van der Waals surface area contributed by atoms with Crippen molar-refractivity contribution in [2.45, 2.75) is 50.2 Å². The molecule has 0 atom stereocenters. The quantitative estimate of drug-likeness (QED) is 0.922. The first kappa shape index (κ1) is 16.7. The van der Waals surface area contributed by atoms with Gasteiger partial charge in [-0.3, -0.25) is 0 Å². The predicted molar refractivity (Wildman–Crippen MR) is 83.7 cm³/mol. The molecule has 0 bridgehead atoms. The molecule has 21 heavy (non-hydrogen) atoms. The monoisotopic (exact) mass is 331 g/mol. The van der Waals surface area contributed by atoms with Gasteiger partial charge in [0, 0.05) is 18.1 Å². The Labute approximate surface area is 131 Å². The molecule has 0 aliphatic heterocycles. The second-order valence-electron chi connectivity index (χ2n) is 5.85. The van der Waals surface area contributed by atoms with Gasteiger partial charge < -0.3 is 5.11 Å². The molecular weight excluding hydrogens is 310 g/mol. The van der Waals surface area contributed by atoms with Gasteiger partial charge in [-0.05, 0) is 49.3 Å². The van der Waals surface area contributed by atoms with Crippen molar-refractivity contribution in [1.82, 2.24) is 4.31 Å². The maximum absolute atomic E-state index is 12.7. The molecule has 0 unspecified atom stereocenters. The predicted octanol–water partition coefficient (Wildman–Crippen LogP) is 3.03. The van der Waals surface area contributed by atoms with Gasteiger partial charge in [0.25, 0.3) is 0 Å². The summed E-state index contributed by atoms with van der Waals surface area (Å²) in [6.07, 6.45) is 3.93. The van der Waals surface area contributed by atoms with Gasteiger partial charge in [0.05, 0.1) is 11.5 Å². The van der Waals surface area contributed by atoms with Crippen LogP contribution in [0.5, 0.6) is 0 Å². The van der Waals surface area contributed by atoms with Crippen molar-refractivity contribution in [2.75, 3.05) is 7.05 Å². The van der Waals surface area contributed by atoms with Crippen LogP contribution in [0.15, 0.2) is 23.1 Å². The number of halogens is 1. The van der Waals surface area contributed by atoms with Crippen LogP contribution >= 0.6 is 11.6 Å². The molecule has 0 spiro atoms. The number of hydrogen-bond acceptors (Lipinski definition) is 3. The van der Waals surface area contributed by atoms with E-state index in [1.54, 1.807) is 13.1 Å². The number of rotatable bonds is 4. The number of aliphatic hydroxyl groups excluding tert-OH is 1. The summed E-state index contributed by atoms with van der Waals surface area (Å²) in [5.74, 6) is 0.677.